The van der Waals surface area contributed by atoms with E-state index in [1.54, 1.807) is 36.1 Å². The molecule has 1 aliphatic rings. The lowest BCUT2D eigenvalue weighted by molar-refractivity contribution is -0.133. The van der Waals surface area contributed by atoms with Crippen LogP contribution in [0.4, 0.5) is 0 Å². The summed E-state index contributed by atoms with van der Waals surface area (Å²) in [5.74, 6) is -0.122. The molecular weight excluding hydrogens is 326 g/mol. The number of hydrogen-bond acceptors (Lipinski definition) is 4. The molecular formula is C17H27N3O3S. The minimum absolute atomic E-state index is 0.0984. The number of aryl methyl sites for hydroxylation is 1. The Morgan fingerprint density at radius 2 is 1.67 bits per heavy atom. The van der Waals surface area contributed by atoms with Crippen LogP contribution in [0.5, 0.6) is 0 Å². The van der Waals surface area contributed by atoms with E-state index in [2.05, 4.69) is 11.8 Å². The summed E-state index contributed by atoms with van der Waals surface area (Å²) < 4.78 is 26.7. The van der Waals surface area contributed by atoms with Gasteiger partial charge in [-0.1, -0.05) is 31.5 Å². The van der Waals surface area contributed by atoms with Crippen LogP contribution in [0.25, 0.3) is 0 Å². The first-order valence-electron chi connectivity index (χ1n) is 8.45. The molecule has 1 amide bonds. The zero-order chi connectivity index (χ0) is 17.7. The van der Waals surface area contributed by atoms with Crippen LogP contribution in [0, 0.1) is 6.92 Å². The molecule has 1 heterocycles. The predicted octanol–water partition coefficient (Wildman–Crippen LogP) is 1.17. The Kier molecular flexibility index (Phi) is 6.37. The molecule has 1 aromatic carbocycles. The van der Waals surface area contributed by atoms with E-state index < -0.39 is 10.0 Å². The minimum Gasteiger partial charge on any atom is -0.339 e. The van der Waals surface area contributed by atoms with Crippen molar-refractivity contribution >= 4 is 15.9 Å². The maximum absolute atomic E-state index is 12.7. The standard InChI is InChI=1S/C17H27N3O3S/c1-4-18-10-12-19(13-11-18)17(21)14-20(5-2)24(22,23)16-8-6-15(3)7-9-16/h6-9H,4-5,10-14H2,1-3H3. The molecule has 2 rings (SSSR count). The third kappa shape index (κ3) is 4.34. The van der Waals surface area contributed by atoms with E-state index in [1.165, 1.54) is 4.31 Å². The molecule has 1 saturated heterocycles. The lowest BCUT2D eigenvalue weighted by atomic mass is 10.2. The molecule has 0 unspecified atom stereocenters. The average molecular weight is 353 g/mol. The topological polar surface area (TPSA) is 60.9 Å². The summed E-state index contributed by atoms with van der Waals surface area (Å²) >= 11 is 0. The van der Waals surface area contributed by atoms with Gasteiger partial charge in [0.2, 0.25) is 15.9 Å². The van der Waals surface area contributed by atoms with Crippen LogP contribution in [0.1, 0.15) is 19.4 Å². The maximum Gasteiger partial charge on any atom is 0.243 e. The van der Waals surface area contributed by atoms with Crippen molar-refractivity contribution in [2.24, 2.45) is 0 Å². The van der Waals surface area contributed by atoms with Crippen molar-refractivity contribution in [3.05, 3.63) is 29.8 Å². The Labute approximate surface area is 145 Å². The van der Waals surface area contributed by atoms with Crippen molar-refractivity contribution < 1.29 is 13.2 Å². The second-order valence-corrected chi connectivity index (χ2v) is 8.00. The first-order chi connectivity index (χ1) is 11.4. The zero-order valence-corrected chi connectivity index (χ0v) is 15.6. The van der Waals surface area contributed by atoms with Gasteiger partial charge in [0.1, 0.15) is 0 Å². The van der Waals surface area contributed by atoms with Crippen molar-refractivity contribution in [3.63, 3.8) is 0 Å². The summed E-state index contributed by atoms with van der Waals surface area (Å²) in [6, 6.07) is 6.73. The number of carbonyl (C=O) groups is 1. The molecule has 7 heteroatoms. The Bertz CT molecular complexity index is 650. The van der Waals surface area contributed by atoms with Gasteiger partial charge >= 0.3 is 0 Å². The summed E-state index contributed by atoms with van der Waals surface area (Å²) in [7, 11) is -3.64. The summed E-state index contributed by atoms with van der Waals surface area (Å²) in [5.41, 5.74) is 1.00. The molecule has 24 heavy (non-hydrogen) atoms. The van der Waals surface area contributed by atoms with E-state index in [9.17, 15) is 13.2 Å². The molecule has 1 aliphatic heterocycles. The molecule has 0 N–H and O–H groups in total. The Morgan fingerprint density at radius 1 is 1.08 bits per heavy atom. The molecule has 0 bridgehead atoms. The van der Waals surface area contributed by atoms with Crippen molar-refractivity contribution in [1.29, 1.82) is 0 Å². The van der Waals surface area contributed by atoms with Gasteiger partial charge in [-0.25, -0.2) is 8.42 Å². The smallest absolute Gasteiger partial charge is 0.243 e. The van der Waals surface area contributed by atoms with E-state index in [1.807, 2.05) is 6.92 Å². The molecule has 0 atom stereocenters. The number of benzene rings is 1. The van der Waals surface area contributed by atoms with Gasteiger partial charge in [-0.3, -0.25) is 4.79 Å². The van der Waals surface area contributed by atoms with Crippen molar-refractivity contribution in [2.45, 2.75) is 25.7 Å². The molecule has 0 saturated carbocycles. The van der Waals surface area contributed by atoms with Crippen LogP contribution in [0.3, 0.4) is 0 Å². The molecule has 0 spiro atoms. The monoisotopic (exact) mass is 353 g/mol. The highest BCUT2D eigenvalue weighted by atomic mass is 32.2. The van der Waals surface area contributed by atoms with E-state index in [0.717, 1.165) is 25.2 Å². The number of nitrogens with zero attached hydrogens (tertiary/aromatic N) is 3. The van der Waals surface area contributed by atoms with Crippen molar-refractivity contribution in [2.75, 3.05) is 45.8 Å². The summed E-state index contributed by atoms with van der Waals surface area (Å²) in [4.78, 5) is 16.8. The van der Waals surface area contributed by atoms with Crippen molar-refractivity contribution in [1.82, 2.24) is 14.1 Å². The Morgan fingerprint density at radius 3 is 2.17 bits per heavy atom. The fourth-order valence-electron chi connectivity index (χ4n) is 2.79. The molecule has 1 aromatic rings. The highest BCUT2D eigenvalue weighted by molar-refractivity contribution is 7.89. The quantitative estimate of drug-likeness (QED) is 0.770. The second-order valence-electron chi connectivity index (χ2n) is 6.06. The second kappa shape index (κ2) is 8.09. The summed E-state index contributed by atoms with van der Waals surface area (Å²) in [6.45, 7) is 9.94. The Balaban J connectivity index is 2.05. The number of likely N-dealkylation sites (N-methyl/N-ethyl adjacent to an activating group) is 2. The predicted molar refractivity (Wildman–Crippen MR) is 94.3 cm³/mol. The molecule has 0 radical (unpaired) electrons. The van der Waals surface area contributed by atoms with Gasteiger partial charge in [0.25, 0.3) is 0 Å². The van der Waals surface area contributed by atoms with Crippen LogP contribution in [-0.2, 0) is 14.8 Å². The lowest BCUT2D eigenvalue weighted by Gasteiger charge is -2.35. The Hall–Kier alpha value is -1.44. The third-order valence-electron chi connectivity index (χ3n) is 4.50. The van der Waals surface area contributed by atoms with Gasteiger partial charge < -0.3 is 9.80 Å². The van der Waals surface area contributed by atoms with Gasteiger partial charge in [-0.05, 0) is 25.6 Å². The van der Waals surface area contributed by atoms with E-state index in [4.69, 9.17) is 0 Å². The number of piperazine rings is 1. The van der Waals surface area contributed by atoms with E-state index in [-0.39, 0.29) is 23.9 Å². The first-order valence-corrected chi connectivity index (χ1v) is 9.89. The van der Waals surface area contributed by atoms with Gasteiger partial charge in [-0.2, -0.15) is 4.31 Å². The van der Waals surface area contributed by atoms with Gasteiger partial charge in [-0.15, -0.1) is 0 Å². The van der Waals surface area contributed by atoms with Crippen LogP contribution in [0.2, 0.25) is 0 Å². The highest BCUT2D eigenvalue weighted by Crippen LogP contribution is 2.16. The fraction of sp³-hybridized carbons (Fsp3) is 0.588. The molecule has 0 aliphatic carbocycles. The molecule has 134 valence electrons. The van der Waals surface area contributed by atoms with Crippen molar-refractivity contribution in [3.8, 4) is 0 Å². The van der Waals surface area contributed by atoms with E-state index >= 15 is 0 Å². The minimum atomic E-state index is -3.64. The van der Waals surface area contributed by atoms with Gasteiger partial charge in [0, 0.05) is 32.7 Å². The molecule has 0 aromatic heterocycles. The first kappa shape index (κ1) is 18.9. The molecule has 6 nitrogen and oxygen atoms in total. The third-order valence-corrected chi connectivity index (χ3v) is 6.43. The number of sulfonamides is 1. The lowest BCUT2D eigenvalue weighted by Crippen LogP contribution is -2.51. The SMILES string of the molecule is CCN1CCN(C(=O)CN(CC)S(=O)(=O)c2ccc(C)cc2)CC1. The largest absolute Gasteiger partial charge is 0.339 e. The van der Waals surface area contributed by atoms with Crippen LogP contribution in [0.15, 0.2) is 29.2 Å². The number of carbonyl (C=O) groups excluding carboxylic acids is 1. The van der Waals surface area contributed by atoms with Gasteiger partial charge in [0.05, 0.1) is 11.4 Å². The van der Waals surface area contributed by atoms with Gasteiger partial charge in [0.15, 0.2) is 0 Å². The van der Waals surface area contributed by atoms with Crippen LogP contribution in [-0.4, -0.2) is 74.2 Å². The summed E-state index contributed by atoms with van der Waals surface area (Å²) in [6.07, 6.45) is 0. The molecule has 1 fully saturated rings. The number of rotatable bonds is 6. The fourth-order valence-corrected chi connectivity index (χ4v) is 4.19. The van der Waals surface area contributed by atoms with Crippen LogP contribution >= 0.6 is 0 Å². The maximum atomic E-state index is 12.7. The summed E-state index contributed by atoms with van der Waals surface area (Å²) in [5, 5.41) is 0. The normalized spacial score (nSPS) is 16.6. The van der Waals surface area contributed by atoms with E-state index in [0.29, 0.717) is 13.1 Å². The average Bonchev–Trinajstić information content (AvgIpc) is 2.59. The zero-order valence-electron chi connectivity index (χ0n) is 14.7. The number of amides is 1. The number of hydrogen-bond donors (Lipinski definition) is 0. The van der Waals surface area contributed by atoms with Crippen LogP contribution < -0.4 is 0 Å². The highest BCUT2D eigenvalue weighted by Gasteiger charge is 2.28.